The molecule has 5 nitrogen and oxygen atoms in total. The van der Waals surface area contributed by atoms with Gasteiger partial charge in [0.25, 0.3) is 11.8 Å². The average Bonchev–Trinajstić information content (AvgIpc) is 2.98. The Kier molecular flexibility index (Phi) is 6.19. The van der Waals surface area contributed by atoms with Crippen molar-refractivity contribution in [2.24, 2.45) is 0 Å². The Balaban J connectivity index is 0.00000225. The third kappa shape index (κ3) is 3.81. The quantitative estimate of drug-likeness (QED) is 0.591. The van der Waals surface area contributed by atoms with E-state index in [1.807, 2.05) is 48.5 Å². The minimum Gasteiger partial charge on any atom is -0.373 e. The number of imide groups is 1. The summed E-state index contributed by atoms with van der Waals surface area (Å²) in [6.07, 6.45) is 1.71. The lowest BCUT2D eigenvalue weighted by Crippen LogP contribution is -2.36. The highest BCUT2D eigenvalue weighted by atomic mass is 35.5. The van der Waals surface area contributed by atoms with Crippen LogP contribution in [0.1, 0.15) is 38.0 Å². The normalized spacial score (nSPS) is 13.8. The molecule has 0 fully saturated rings. The van der Waals surface area contributed by atoms with Crippen LogP contribution in [0.3, 0.4) is 0 Å². The van der Waals surface area contributed by atoms with E-state index in [1.165, 1.54) is 4.90 Å². The molecule has 2 amide bonds. The molecular formula is C22H19ClN2O3. The van der Waals surface area contributed by atoms with Gasteiger partial charge >= 0.3 is 0 Å². The van der Waals surface area contributed by atoms with Crippen LogP contribution in [-0.4, -0.2) is 28.3 Å². The van der Waals surface area contributed by atoms with E-state index in [-0.39, 0.29) is 30.8 Å². The van der Waals surface area contributed by atoms with Gasteiger partial charge in [0, 0.05) is 6.20 Å². The Bertz CT molecular complexity index is 929. The fraction of sp³-hybridized carbons (Fsp3) is 0.136. The second-order valence-corrected chi connectivity index (χ2v) is 6.29. The summed E-state index contributed by atoms with van der Waals surface area (Å²) in [6.45, 7) is 0.513. The zero-order valence-corrected chi connectivity index (χ0v) is 15.8. The summed E-state index contributed by atoms with van der Waals surface area (Å²) in [7, 11) is 0. The number of hydrogen-bond donors (Lipinski definition) is 0. The van der Waals surface area contributed by atoms with E-state index in [0.717, 1.165) is 11.3 Å². The number of benzene rings is 2. The molecule has 1 atom stereocenters. The maximum Gasteiger partial charge on any atom is 0.262 e. The maximum absolute atomic E-state index is 12.9. The molecule has 0 saturated heterocycles. The van der Waals surface area contributed by atoms with E-state index < -0.39 is 6.04 Å². The van der Waals surface area contributed by atoms with Crippen molar-refractivity contribution >= 4 is 24.2 Å². The highest BCUT2D eigenvalue weighted by Crippen LogP contribution is 2.31. The summed E-state index contributed by atoms with van der Waals surface area (Å²) in [5.74, 6) is -0.572. The van der Waals surface area contributed by atoms with Crippen molar-refractivity contribution in [1.29, 1.82) is 0 Å². The van der Waals surface area contributed by atoms with E-state index in [1.54, 1.807) is 30.5 Å². The third-order valence-electron chi connectivity index (χ3n) is 4.57. The lowest BCUT2D eigenvalue weighted by atomic mass is 10.1. The summed E-state index contributed by atoms with van der Waals surface area (Å²) in [6, 6.07) is 21.5. The molecule has 2 heterocycles. The number of nitrogens with zero attached hydrogens (tertiary/aromatic N) is 2. The number of rotatable bonds is 6. The molecule has 142 valence electrons. The number of fused-ring (bicyclic) bond motifs is 1. The van der Waals surface area contributed by atoms with Gasteiger partial charge in [-0.2, -0.15) is 0 Å². The van der Waals surface area contributed by atoms with Crippen molar-refractivity contribution in [3.05, 3.63) is 101 Å². The van der Waals surface area contributed by atoms with Gasteiger partial charge in [-0.25, -0.2) is 0 Å². The van der Waals surface area contributed by atoms with Crippen LogP contribution in [0, 0.1) is 0 Å². The minimum atomic E-state index is -0.498. The Labute approximate surface area is 169 Å². The number of hydrogen-bond acceptors (Lipinski definition) is 4. The van der Waals surface area contributed by atoms with Crippen LogP contribution in [0.2, 0.25) is 0 Å². The van der Waals surface area contributed by atoms with E-state index in [4.69, 9.17) is 4.74 Å². The van der Waals surface area contributed by atoms with Crippen LogP contribution in [0.5, 0.6) is 0 Å². The maximum atomic E-state index is 12.9. The topological polar surface area (TPSA) is 59.5 Å². The highest BCUT2D eigenvalue weighted by molar-refractivity contribution is 6.21. The predicted octanol–water partition coefficient (Wildman–Crippen LogP) is 4.06. The molecular weight excluding hydrogens is 376 g/mol. The molecule has 2 aromatic carbocycles. The molecule has 0 spiro atoms. The van der Waals surface area contributed by atoms with Crippen molar-refractivity contribution < 1.29 is 14.3 Å². The molecule has 3 aromatic rings. The Hall–Kier alpha value is -3.02. The number of halogens is 1. The first-order valence-corrected chi connectivity index (χ1v) is 8.75. The molecule has 1 aliphatic rings. The molecule has 4 rings (SSSR count). The molecule has 6 heteroatoms. The third-order valence-corrected chi connectivity index (χ3v) is 4.57. The first-order chi connectivity index (χ1) is 13.3. The number of ether oxygens (including phenoxy) is 1. The SMILES string of the molecule is Cl.O=C1c2ccccc2C(=O)N1[C@H](COCc1ccccn1)c1ccccc1. The van der Waals surface area contributed by atoms with Crippen LogP contribution in [0.15, 0.2) is 79.0 Å². The van der Waals surface area contributed by atoms with E-state index >= 15 is 0 Å². The van der Waals surface area contributed by atoms with E-state index in [0.29, 0.717) is 17.7 Å². The summed E-state index contributed by atoms with van der Waals surface area (Å²) in [4.78, 5) is 31.3. The molecule has 1 aromatic heterocycles. The van der Waals surface area contributed by atoms with Gasteiger partial charge in [0.1, 0.15) is 0 Å². The van der Waals surface area contributed by atoms with Crippen LogP contribution in [-0.2, 0) is 11.3 Å². The molecule has 28 heavy (non-hydrogen) atoms. The van der Waals surface area contributed by atoms with Gasteiger partial charge in [0.05, 0.1) is 36.1 Å². The lowest BCUT2D eigenvalue weighted by Gasteiger charge is -2.26. The van der Waals surface area contributed by atoms with Gasteiger partial charge < -0.3 is 4.74 Å². The second kappa shape index (κ2) is 8.78. The lowest BCUT2D eigenvalue weighted by molar-refractivity contribution is 0.0354. The molecule has 0 saturated carbocycles. The largest absolute Gasteiger partial charge is 0.373 e. The Morgan fingerprint density at radius 3 is 2.04 bits per heavy atom. The van der Waals surface area contributed by atoms with Gasteiger partial charge in [-0.05, 0) is 29.8 Å². The molecule has 0 N–H and O–H groups in total. The first kappa shape index (κ1) is 19.7. The molecule has 0 unspecified atom stereocenters. The van der Waals surface area contributed by atoms with Gasteiger partial charge in [-0.1, -0.05) is 48.5 Å². The number of amides is 2. The Morgan fingerprint density at radius 2 is 1.43 bits per heavy atom. The highest BCUT2D eigenvalue weighted by Gasteiger charge is 2.40. The van der Waals surface area contributed by atoms with Crippen LogP contribution in [0.4, 0.5) is 0 Å². The zero-order valence-electron chi connectivity index (χ0n) is 15.0. The molecule has 0 aliphatic carbocycles. The Morgan fingerprint density at radius 1 is 0.821 bits per heavy atom. The summed E-state index contributed by atoms with van der Waals surface area (Å²) < 4.78 is 5.84. The van der Waals surface area contributed by atoms with Gasteiger partial charge in [-0.15, -0.1) is 12.4 Å². The first-order valence-electron chi connectivity index (χ1n) is 8.75. The molecule has 1 aliphatic heterocycles. The minimum absolute atomic E-state index is 0. The number of carbonyl (C=O) groups excluding carboxylic acids is 2. The van der Waals surface area contributed by atoms with Crippen molar-refractivity contribution in [2.45, 2.75) is 12.6 Å². The van der Waals surface area contributed by atoms with Crippen molar-refractivity contribution in [3.63, 3.8) is 0 Å². The standard InChI is InChI=1S/C22H18N2O3.ClH/c25-21-18-11-4-5-12-19(18)22(26)24(21)20(16-8-2-1-3-9-16)15-27-14-17-10-6-7-13-23-17;/h1-13,20H,14-15H2;1H/t20-;/m1./s1. The van der Waals surface area contributed by atoms with E-state index in [9.17, 15) is 9.59 Å². The number of carbonyl (C=O) groups is 2. The average molecular weight is 395 g/mol. The van der Waals surface area contributed by atoms with Gasteiger partial charge in [-0.3, -0.25) is 19.5 Å². The van der Waals surface area contributed by atoms with E-state index in [2.05, 4.69) is 4.98 Å². The summed E-state index contributed by atoms with van der Waals surface area (Å²) in [5.41, 5.74) is 2.53. The monoisotopic (exact) mass is 394 g/mol. The summed E-state index contributed by atoms with van der Waals surface area (Å²) >= 11 is 0. The van der Waals surface area contributed by atoms with Crippen LogP contribution < -0.4 is 0 Å². The molecule has 0 bridgehead atoms. The number of pyridine rings is 1. The predicted molar refractivity (Wildman–Crippen MR) is 107 cm³/mol. The van der Waals surface area contributed by atoms with Crippen molar-refractivity contribution in [2.75, 3.05) is 6.61 Å². The second-order valence-electron chi connectivity index (χ2n) is 6.29. The van der Waals surface area contributed by atoms with Crippen LogP contribution in [0.25, 0.3) is 0 Å². The van der Waals surface area contributed by atoms with Gasteiger partial charge in [0.15, 0.2) is 0 Å². The van der Waals surface area contributed by atoms with Crippen molar-refractivity contribution in [1.82, 2.24) is 9.88 Å². The fourth-order valence-electron chi connectivity index (χ4n) is 3.24. The van der Waals surface area contributed by atoms with Crippen LogP contribution >= 0.6 is 12.4 Å². The smallest absolute Gasteiger partial charge is 0.262 e. The number of aromatic nitrogens is 1. The summed E-state index contributed by atoms with van der Waals surface area (Å²) in [5, 5.41) is 0. The fourth-order valence-corrected chi connectivity index (χ4v) is 3.24. The van der Waals surface area contributed by atoms with Gasteiger partial charge in [0.2, 0.25) is 0 Å². The molecule has 0 radical (unpaired) electrons. The zero-order chi connectivity index (χ0) is 18.6. The van der Waals surface area contributed by atoms with Crippen molar-refractivity contribution in [3.8, 4) is 0 Å².